The molecule has 1 saturated carbocycles. The van der Waals surface area contributed by atoms with Gasteiger partial charge in [-0.1, -0.05) is 35.2 Å². The molecule has 1 aliphatic carbocycles. The van der Waals surface area contributed by atoms with Crippen LogP contribution in [0, 0.1) is 20.8 Å². The van der Waals surface area contributed by atoms with Crippen LogP contribution >= 0.6 is 15.9 Å². The van der Waals surface area contributed by atoms with Gasteiger partial charge in [0.1, 0.15) is 5.75 Å². The van der Waals surface area contributed by atoms with Gasteiger partial charge in [-0.3, -0.25) is 0 Å². The molecule has 2 nitrogen and oxygen atoms in total. The Kier molecular flexibility index (Phi) is 4.26. The molecule has 0 atom stereocenters. The zero-order valence-corrected chi connectivity index (χ0v) is 14.0. The summed E-state index contributed by atoms with van der Waals surface area (Å²) >= 11 is 3.72. The highest BCUT2D eigenvalue weighted by Gasteiger charge is 2.35. The lowest BCUT2D eigenvalue weighted by molar-refractivity contribution is 0.287. The molecule has 0 aliphatic heterocycles. The number of rotatable bonds is 2. The van der Waals surface area contributed by atoms with Crippen molar-refractivity contribution in [3.63, 3.8) is 0 Å². The normalized spacial score (nSPS) is 18.4. The maximum absolute atomic E-state index is 6.74. The topological polar surface area (TPSA) is 35.2 Å². The van der Waals surface area contributed by atoms with Crippen LogP contribution in [0.5, 0.6) is 5.75 Å². The number of hydrogen-bond acceptors (Lipinski definition) is 2. The first kappa shape index (κ1) is 14.9. The second-order valence-electron chi connectivity index (χ2n) is 5.81. The zero-order valence-electron chi connectivity index (χ0n) is 12.4. The minimum absolute atomic E-state index is 0.228. The van der Waals surface area contributed by atoms with Gasteiger partial charge in [0.2, 0.25) is 0 Å². The fourth-order valence-corrected chi connectivity index (χ4v) is 3.87. The summed E-state index contributed by atoms with van der Waals surface area (Å²) in [6.07, 6.45) is 5.83. The molecule has 0 spiro atoms. The summed E-state index contributed by atoms with van der Waals surface area (Å²) < 4.78 is 6.89. The van der Waals surface area contributed by atoms with E-state index in [1.165, 1.54) is 46.0 Å². The van der Waals surface area contributed by atoms with Gasteiger partial charge in [-0.2, -0.15) is 0 Å². The van der Waals surface area contributed by atoms with E-state index >= 15 is 0 Å². The highest BCUT2D eigenvalue weighted by Crippen LogP contribution is 2.45. The van der Waals surface area contributed by atoms with Crippen molar-refractivity contribution in [1.29, 1.82) is 0 Å². The van der Waals surface area contributed by atoms with Crippen molar-refractivity contribution < 1.29 is 4.74 Å². The van der Waals surface area contributed by atoms with E-state index in [9.17, 15) is 0 Å². The molecule has 1 fully saturated rings. The molecule has 1 aliphatic rings. The quantitative estimate of drug-likeness (QED) is 0.868. The molecule has 0 bridgehead atoms. The number of ether oxygens (including phenoxy) is 1. The smallest absolute Gasteiger partial charge is 0.127 e. The van der Waals surface area contributed by atoms with Gasteiger partial charge in [0.05, 0.1) is 7.11 Å². The maximum atomic E-state index is 6.74. The van der Waals surface area contributed by atoms with Crippen LogP contribution in [-0.2, 0) is 5.54 Å². The second-order valence-corrected chi connectivity index (χ2v) is 6.61. The lowest BCUT2D eigenvalue weighted by Crippen LogP contribution is -2.40. The van der Waals surface area contributed by atoms with E-state index in [1.54, 1.807) is 7.11 Å². The van der Waals surface area contributed by atoms with Crippen LogP contribution in [-0.4, -0.2) is 7.11 Å². The second kappa shape index (κ2) is 5.45. The molecular weight excluding hydrogens is 302 g/mol. The summed E-state index contributed by atoms with van der Waals surface area (Å²) in [5.74, 6) is 0.989. The molecule has 0 saturated heterocycles. The van der Waals surface area contributed by atoms with Crippen molar-refractivity contribution in [2.75, 3.05) is 7.11 Å². The number of halogens is 1. The first-order chi connectivity index (χ1) is 8.92. The average molecular weight is 326 g/mol. The minimum atomic E-state index is -0.228. The van der Waals surface area contributed by atoms with E-state index in [0.717, 1.165) is 18.6 Å². The van der Waals surface area contributed by atoms with E-state index in [4.69, 9.17) is 10.5 Å². The van der Waals surface area contributed by atoms with Crippen LogP contribution in [0.2, 0.25) is 0 Å². The van der Waals surface area contributed by atoms with Crippen molar-refractivity contribution >= 4 is 15.9 Å². The fraction of sp³-hybridized carbons (Fsp3) is 0.625. The van der Waals surface area contributed by atoms with E-state index < -0.39 is 0 Å². The van der Waals surface area contributed by atoms with Gasteiger partial charge in [-0.05, 0) is 50.3 Å². The van der Waals surface area contributed by atoms with Crippen molar-refractivity contribution in [1.82, 2.24) is 0 Å². The summed E-state index contributed by atoms with van der Waals surface area (Å²) in [5.41, 5.74) is 11.4. The molecule has 2 rings (SSSR count). The summed E-state index contributed by atoms with van der Waals surface area (Å²) in [6.45, 7) is 6.40. The number of benzene rings is 1. The Morgan fingerprint density at radius 3 is 2.11 bits per heavy atom. The van der Waals surface area contributed by atoms with Gasteiger partial charge in [-0.25, -0.2) is 0 Å². The molecular formula is C16H24BrNO. The van der Waals surface area contributed by atoms with Gasteiger partial charge in [0.25, 0.3) is 0 Å². The van der Waals surface area contributed by atoms with Crippen molar-refractivity contribution in [2.45, 2.75) is 58.4 Å². The van der Waals surface area contributed by atoms with Crippen molar-refractivity contribution in [2.24, 2.45) is 5.73 Å². The molecule has 1 aromatic rings. The first-order valence-electron chi connectivity index (χ1n) is 7.05. The van der Waals surface area contributed by atoms with Crippen LogP contribution in [0.4, 0.5) is 0 Å². The molecule has 0 unspecified atom stereocenters. The summed E-state index contributed by atoms with van der Waals surface area (Å²) in [4.78, 5) is 0. The largest absolute Gasteiger partial charge is 0.496 e. The summed E-state index contributed by atoms with van der Waals surface area (Å²) in [5, 5.41) is 0. The zero-order chi connectivity index (χ0) is 14.2. The Hall–Kier alpha value is -0.540. The Bertz CT molecular complexity index is 490. The third-order valence-electron chi connectivity index (χ3n) is 4.61. The molecule has 0 heterocycles. The minimum Gasteiger partial charge on any atom is -0.496 e. The van der Waals surface area contributed by atoms with Crippen LogP contribution < -0.4 is 10.5 Å². The Morgan fingerprint density at radius 1 is 1.00 bits per heavy atom. The Labute approximate surface area is 124 Å². The predicted molar refractivity (Wildman–Crippen MR) is 83.9 cm³/mol. The Balaban J connectivity index is 2.67. The van der Waals surface area contributed by atoms with Gasteiger partial charge in [0, 0.05) is 15.6 Å². The number of hydrogen-bond donors (Lipinski definition) is 1. The lowest BCUT2D eigenvalue weighted by atomic mass is 9.74. The van der Waals surface area contributed by atoms with Gasteiger partial charge in [0.15, 0.2) is 0 Å². The molecule has 3 heteroatoms. The highest BCUT2D eigenvalue weighted by molar-refractivity contribution is 9.10. The SMILES string of the molecule is COc1c(C)c(C)c(Br)c(C)c1C1(N)CCCCC1. The maximum Gasteiger partial charge on any atom is 0.127 e. The molecule has 106 valence electrons. The summed E-state index contributed by atoms with van der Waals surface area (Å²) in [6, 6.07) is 0. The monoisotopic (exact) mass is 325 g/mol. The average Bonchev–Trinajstić information content (AvgIpc) is 2.40. The third kappa shape index (κ3) is 2.43. The third-order valence-corrected chi connectivity index (χ3v) is 5.80. The van der Waals surface area contributed by atoms with Crippen LogP contribution in [0.15, 0.2) is 4.47 Å². The lowest BCUT2D eigenvalue weighted by Gasteiger charge is -2.37. The standard InChI is InChI=1S/C16H24BrNO/c1-10-11(2)15(19-4)13(12(3)14(10)17)16(18)8-6-5-7-9-16/h5-9,18H2,1-4H3. The van der Waals surface area contributed by atoms with E-state index in [-0.39, 0.29) is 5.54 Å². The molecule has 2 N–H and O–H groups in total. The van der Waals surface area contributed by atoms with Crippen molar-refractivity contribution in [3.05, 3.63) is 26.7 Å². The van der Waals surface area contributed by atoms with Gasteiger partial charge in [-0.15, -0.1) is 0 Å². The van der Waals surface area contributed by atoms with Gasteiger partial charge < -0.3 is 10.5 Å². The number of methoxy groups -OCH3 is 1. The van der Waals surface area contributed by atoms with E-state index in [0.29, 0.717) is 0 Å². The van der Waals surface area contributed by atoms with E-state index in [2.05, 4.69) is 36.7 Å². The first-order valence-corrected chi connectivity index (χ1v) is 7.84. The van der Waals surface area contributed by atoms with Gasteiger partial charge >= 0.3 is 0 Å². The highest BCUT2D eigenvalue weighted by atomic mass is 79.9. The molecule has 0 radical (unpaired) electrons. The molecule has 1 aromatic carbocycles. The predicted octanol–water partition coefficient (Wildman–Crippen LogP) is 4.50. The fourth-order valence-electron chi connectivity index (χ4n) is 3.37. The number of nitrogens with two attached hydrogens (primary N) is 1. The molecule has 19 heavy (non-hydrogen) atoms. The van der Waals surface area contributed by atoms with Crippen LogP contribution in [0.3, 0.4) is 0 Å². The summed E-state index contributed by atoms with van der Waals surface area (Å²) in [7, 11) is 1.75. The van der Waals surface area contributed by atoms with Crippen molar-refractivity contribution in [3.8, 4) is 5.75 Å². The van der Waals surface area contributed by atoms with Crippen LogP contribution in [0.25, 0.3) is 0 Å². The molecule has 0 amide bonds. The Morgan fingerprint density at radius 2 is 1.58 bits per heavy atom. The molecule has 0 aromatic heterocycles. The van der Waals surface area contributed by atoms with E-state index in [1.807, 2.05) is 0 Å². The van der Waals surface area contributed by atoms with Crippen LogP contribution in [0.1, 0.15) is 54.4 Å².